The number of nitrogens with one attached hydrogen (secondary N) is 2. The second-order valence-corrected chi connectivity index (χ2v) is 6.24. The number of aromatic nitrogens is 4. The standard InChI is InChI=1S/C18H17F2N5O2/c19-14-5-1-4-13(16(14)20)17-24-23-10-25(17)11-7-15(21-8-11)18(26)22-9-12-3-2-6-27-12/h1,4-5,7-8,10,12,21H,2-3,6,9H2,(H,22,26). The van der Waals surface area contributed by atoms with Crippen LogP contribution in [-0.2, 0) is 4.74 Å². The summed E-state index contributed by atoms with van der Waals surface area (Å²) in [4.78, 5) is 15.2. The van der Waals surface area contributed by atoms with E-state index in [4.69, 9.17) is 4.74 Å². The van der Waals surface area contributed by atoms with Crippen molar-refractivity contribution in [2.45, 2.75) is 18.9 Å². The molecule has 1 unspecified atom stereocenters. The van der Waals surface area contributed by atoms with E-state index in [0.29, 0.717) is 17.9 Å². The summed E-state index contributed by atoms with van der Waals surface area (Å²) < 4.78 is 34.6. The fourth-order valence-corrected chi connectivity index (χ4v) is 3.04. The lowest BCUT2D eigenvalue weighted by molar-refractivity contribution is 0.0854. The fourth-order valence-electron chi connectivity index (χ4n) is 3.04. The van der Waals surface area contributed by atoms with Crippen molar-refractivity contribution in [3.63, 3.8) is 0 Å². The van der Waals surface area contributed by atoms with Gasteiger partial charge in [0, 0.05) is 19.3 Å². The van der Waals surface area contributed by atoms with Gasteiger partial charge in [-0.2, -0.15) is 0 Å². The Balaban J connectivity index is 1.55. The van der Waals surface area contributed by atoms with Crippen LogP contribution in [0.2, 0.25) is 0 Å². The second-order valence-electron chi connectivity index (χ2n) is 6.24. The normalized spacial score (nSPS) is 16.6. The van der Waals surface area contributed by atoms with Gasteiger partial charge in [0.25, 0.3) is 5.91 Å². The predicted octanol–water partition coefficient (Wildman–Crippen LogP) is 2.45. The highest BCUT2D eigenvalue weighted by Gasteiger charge is 2.19. The molecule has 0 spiro atoms. The number of H-pyrrole nitrogens is 1. The molecule has 1 amide bonds. The van der Waals surface area contributed by atoms with Crippen LogP contribution >= 0.6 is 0 Å². The van der Waals surface area contributed by atoms with Crippen molar-refractivity contribution in [2.24, 2.45) is 0 Å². The van der Waals surface area contributed by atoms with Crippen LogP contribution in [0.3, 0.4) is 0 Å². The van der Waals surface area contributed by atoms with Crippen molar-refractivity contribution in [1.82, 2.24) is 25.1 Å². The number of hydrogen-bond acceptors (Lipinski definition) is 4. The van der Waals surface area contributed by atoms with Gasteiger partial charge in [-0.1, -0.05) is 6.07 Å². The Morgan fingerprint density at radius 2 is 2.30 bits per heavy atom. The number of hydrogen-bond donors (Lipinski definition) is 2. The molecule has 1 atom stereocenters. The molecule has 2 N–H and O–H groups in total. The maximum atomic E-state index is 14.1. The third kappa shape index (κ3) is 3.45. The van der Waals surface area contributed by atoms with Crippen molar-refractivity contribution in [1.29, 1.82) is 0 Å². The van der Waals surface area contributed by atoms with E-state index in [1.807, 2.05) is 0 Å². The molecular weight excluding hydrogens is 356 g/mol. The largest absolute Gasteiger partial charge is 0.376 e. The molecule has 1 aliphatic heterocycles. The third-order valence-electron chi connectivity index (χ3n) is 4.45. The van der Waals surface area contributed by atoms with Gasteiger partial charge in [-0.25, -0.2) is 8.78 Å². The number of aromatic amines is 1. The van der Waals surface area contributed by atoms with Crippen LogP contribution in [-0.4, -0.2) is 44.9 Å². The van der Waals surface area contributed by atoms with Gasteiger partial charge in [-0.15, -0.1) is 10.2 Å². The summed E-state index contributed by atoms with van der Waals surface area (Å²) in [6.07, 6.45) is 4.92. The van der Waals surface area contributed by atoms with Gasteiger partial charge in [-0.05, 0) is 31.0 Å². The minimum absolute atomic E-state index is 0.0157. The molecule has 27 heavy (non-hydrogen) atoms. The van der Waals surface area contributed by atoms with Gasteiger partial charge in [0.05, 0.1) is 17.4 Å². The van der Waals surface area contributed by atoms with Gasteiger partial charge in [0.2, 0.25) is 0 Å². The zero-order valence-electron chi connectivity index (χ0n) is 14.3. The second kappa shape index (κ2) is 7.28. The first-order valence-corrected chi connectivity index (χ1v) is 8.56. The Bertz CT molecular complexity index is 962. The SMILES string of the molecule is O=C(NCC1CCCO1)c1cc(-n2cnnc2-c2cccc(F)c2F)c[nH]1. The molecule has 4 rings (SSSR count). The van der Waals surface area contributed by atoms with Crippen LogP contribution in [0.4, 0.5) is 8.78 Å². The number of carbonyl (C=O) groups is 1. The van der Waals surface area contributed by atoms with E-state index >= 15 is 0 Å². The molecule has 0 saturated carbocycles. The van der Waals surface area contributed by atoms with Crippen LogP contribution in [0, 0.1) is 11.6 Å². The van der Waals surface area contributed by atoms with Gasteiger partial charge >= 0.3 is 0 Å². The van der Waals surface area contributed by atoms with Gasteiger partial charge in [0.15, 0.2) is 17.5 Å². The van der Waals surface area contributed by atoms with E-state index < -0.39 is 11.6 Å². The zero-order chi connectivity index (χ0) is 18.8. The highest BCUT2D eigenvalue weighted by atomic mass is 19.2. The molecule has 9 heteroatoms. The lowest BCUT2D eigenvalue weighted by atomic mass is 10.2. The third-order valence-corrected chi connectivity index (χ3v) is 4.45. The Hall–Kier alpha value is -3.07. The molecule has 3 aromatic rings. The van der Waals surface area contributed by atoms with E-state index in [9.17, 15) is 13.6 Å². The summed E-state index contributed by atoms with van der Waals surface area (Å²) in [5.41, 5.74) is 0.848. The van der Waals surface area contributed by atoms with E-state index in [1.54, 1.807) is 12.3 Å². The van der Waals surface area contributed by atoms with Crippen molar-refractivity contribution in [3.8, 4) is 17.1 Å². The lowest BCUT2D eigenvalue weighted by Gasteiger charge is -2.09. The molecule has 140 valence electrons. The highest BCUT2D eigenvalue weighted by molar-refractivity contribution is 5.93. The van der Waals surface area contributed by atoms with Gasteiger partial charge in [0.1, 0.15) is 12.0 Å². The zero-order valence-corrected chi connectivity index (χ0v) is 14.3. The smallest absolute Gasteiger partial charge is 0.267 e. The molecule has 0 radical (unpaired) electrons. The first-order chi connectivity index (χ1) is 13.1. The number of ether oxygens (including phenoxy) is 1. The molecule has 1 fully saturated rings. The maximum Gasteiger partial charge on any atom is 0.267 e. The Kier molecular flexibility index (Phi) is 4.68. The quantitative estimate of drug-likeness (QED) is 0.720. The van der Waals surface area contributed by atoms with Crippen LogP contribution in [0.15, 0.2) is 36.8 Å². The molecule has 1 saturated heterocycles. The van der Waals surface area contributed by atoms with Crippen molar-refractivity contribution >= 4 is 5.91 Å². The summed E-state index contributed by atoms with van der Waals surface area (Å²) in [6, 6.07) is 5.44. The molecular formula is C18H17F2N5O2. The molecule has 0 aliphatic carbocycles. The van der Waals surface area contributed by atoms with Gasteiger partial charge in [-0.3, -0.25) is 9.36 Å². The Morgan fingerprint density at radius 1 is 1.41 bits per heavy atom. The minimum Gasteiger partial charge on any atom is -0.376 e. The van der Waals surface area contributed by atoms with Crippen molar-refractivity contribution in [2.75, 3.05) is 13.2 Å². The Labute approximate surface area is 153 Å². The maximum absolute atomic E-state index is 14.1. The summed E-state index contributed by atoms with van der Waals surface area (Å²) in [5, 5.41) is 10.5. The van der Waals surface area contributed by atoms with E-state index in [1.165, 1.54) is 23.0 Å². The molecule has 7 nitrogen and oxygen atoms in total. The molecule has 1 aromatic carbocycles. The minimum atomic E-state index is -1.00. The van der Waals surface area contributed by atoms with E-state index in [-0.39, 0.29) is 23.4 Å². The number of carbonyl (C=O) groups excluding carboxylic acids is 1. The summed E-state index contributed by atoms with van der Waals surface area (Å²) in [5.74, 6) is -2.11. The summed E-state index contributed by atoms with van der Waals surface area (Å²) in [6.45, 7) is 1.17. The van der Waals surface area contributed by atoms with Crippen LogP contribution in [0.1, 0.15) is 23.3 Å². The summed E-state index contributed by atoms with van der Waals surface area (Å²) >= 11 is 0. The lowest BCUT2D eigenvalue weighted by Crippen LogP contribution is -2.31. The first kappa shape index (κ1) is 17.3. The topological polar surface area (TPSA) is 84.8 Å². The number of nitrogens with zero attached hydrogens (tertiary/aromatic N) is 3. The van der Waals surface area contributed by atoms with Crippen LogP contribution in [0.25, 0.3) is 17.1 Å². The average Bonchev–Trinajstić information content (AvgIpc) is 3.42. The van der Waals surface area contributed by atoms with E-state index in [2.05, 4.69) is 20.5 Å². The van der Waals surface area contributed by atoms with Crippen LogP contribution < -0.4 is 5.32 Å². The van der Waals surface area contributed by atoms with Crippen molar-refractivity contribution in [3.05, 3.63) is 54.1 Å². The molecule has 2 aromatic heterocycles. The molecule has 1 aliphatic rings. The van der Waals surface area contributed by atoms with E-state index in [0.717, 1.165) is 25.5 Å². The monoisotopic (exact) mass is 373 g/mol. The highest BCUT2D eigenvalue weighted by Crippen LogP contribution is 2.25. The van der Waals surface area contributed by atoms with Gasteiger partial charge < -0.3 is 15.0 Å². The Morgan fingerprint density at radius 3 is 3.11 bits per heavy atom. The molecule has 3 heterocycles. The average molecular weight is 373 g/mol. The van der Waals surface area contributed by atoms with Crippen LogP contribution in [0.5, 0.6) is 0 Å². The number of benzene rings is 1. The number of halogens is 2. The molecule has 0 bridgehead atoms. The fraction of sp³-hybridized carbons (Fsp3) is 0.278. The number of rotatable bonds is 5. The summed E-state index contributed by atoms with van der Waals surface area (Å²) in [7, 11) is 0. The predicted molar refractivity (Wildman–Crippen MR) is 92.4 cm³/mol. The van der Waals surface area contributed by atoms with Crippen molar-refractivity contribution < 1.29 is 18.3 Å². The first-order valence-electron chi connectivity index (χ1n) is 8.56. The number of amides is 1.